The SMILES string of the molecule is COc1ccc(CCN/C=C(/C#N)C(=O)NC(C)(C)C)cc1OC. The summed E-state index contributed by atoms with van der Waals surface area (Å²) in [5.41, 5.74) is 0.732. The van der Waals surface area contributed by atoms with Crippen molar-refractivity contribution in [3.63, 3.8) is 0 Å². The molecule has 0 bridgehead atoms. The Morgan fingerprint density at radius 1 is 1.25 bits per heavy atom. The third kappa shape index (κ3) is 6.21. The predicted octanol–water partition coefficient (Wildman–Crippen LogP) is 2.16. The van der Waals surface area contributed by atoms with E-state index in [0.717, 1.165) is 12.0 Å². The van der Waals surface area contributed by atoms with Crippen molar-refractivity contribution >= 4 is 5.91 Å². The largest absolute Gasteiger partial charge is 0.493 e. The maximum Gasteiger partial charge on any atom is 0.263 e. The molecule has 1 aromatic rings. The Kier molecular flexibility index (Phi) is 7.12. The number of nitrogens with zero attached hydrogens (tertiary/aromatic N) is 1. The second kappa shape index (κ2) is 8.82. The maximum absolute atomic E-state index is 11.9. The van der Waals surface area contributed by atoms with Gasteiger partial charge in [-0.05, 0) is 44.9 Å². The summed E-state index contributed by atoms with van der Waals surface area (Å²) in [6.07, 6.45) is 2.16. The van der Waals surface area contributed by atoms with E-state index in [-0.39, 0.29) is 17.0 Å². The van der Waals surface area contributed by atoms with Crippen LogP contribution in [0.25, 0.3) is 0 Å². The lowest BCUT2D eigenvalue weighted by molar-refractivity contribution is -0.118. The van der Waals surface area contributed by atoms with Crippen LogP contribution in [-0.4, -0.2) is 32.2 Å². The Morgan fingerprint density at radius 3 is 2.46 bits per heavy atom. The zero-order valence-corrected chi connectivity index (χ0v) is 14.9. The van der Waals surface area contributed by atoms with Crippen molar-refractivity contribution in [3.05, 3.63) is 35.5 Å². The van der Waals surface area contributed by atoms with Gasteiger partial charge >= 0.3 is 0 Å². The molecule has 0 aliphatic heterocycles. The van der Waals surface area contributed by atoms with Crippen molar-refractivity contribution in [3.8, 4) is 17.6 Å². The molecule has 0 aromatic heterocycles. The minimum atomic E-state index is -0.386. The summed E-state index contributed by atoms with van der Waals surface area (Å²) in [4.78, 5) is 11.9. The van der Waals surface area contributed by atoms with Crippen molar-refractivity contribution in [2.24, 2.45) is 0 Å². The molecule has 0 spiro atoms. The topological polar surface area (TPSA) is 83.4 Å². The summed E-state index contributed by atoms with van der Waals surface area (Å²) in [5.74, 6) is 0.969. The van der Waals surface area contributed by atoms with Crippen LogP contribution in [0.1, 0.15) is 26.3 Å². The summed E-state index contributed by atoms with van der Waals surface area (Å²) in [5, 5.41) is 14.8. The molecule has 6 heteroatoms. The number of carbonyl (C=O) groups is 1. The first-order valence-corrected chi connectivity index (χ1v) is 7.67. The Bertz CT molecular complexity index is 640. The average Bonchev–Trinajstić information content (AvgIpc) is 2.52. The number of hydrogen-bond acceptors (Lipinski definition) is 5. The first-order chi connectivity index (χ1) is 11.3. The molecule has 0 radical (unpaired) electrons. The number of benzene rings is 1. The van der Waals surface area contributed by atoms with Gasteiger partial charge in [0.1, 0.15) is 11.6 Å². The summed E-state index contributed by atoms with van der Waals surface area (Å²) in [6.45, 7) is 6.18. The number of carbonyl (C=O) groups excluding carboxylic acids is 1. The van der Waals surface area contributed by atoms with Gasteiger partial charge in [-0.2, -0.15) is 5.26 Å². The molecule has 0 heterocycles. The minimum absolute atomic E-state index is 0.0530. The summed E-state index contributed by atoms with van der Waals surface area (Å²) >= 11 is 0. The number of ether oxygens (including phenoxy) is 2. The zero-order valence-electron chi connectivity index (χ0n) is 14.9. The molecule has 130 valence electrons. The molecular weight excluding hydrogens is 306 g/mol. The normalized spacial score (nSPS) is 11.4. The Labute approximate surface area is 143 Å². The molecule has 1 amide bonds. The van der Waals surface area contributed by atoms with E-state index < -0.39 is 0 Å². The van der Waals surface area contributed by atoms with Gasteiger partial charge in [0.15, 0.2) is 11.5 Å². The fourth-order valence-corrected chi connectivity index (χ4v) is 1.98. The predicted molar refractivity (Wildman–Crippen MR) is 92.8 cm³/mol. The van der Waals surface area contributed by atoms with Gasteiger partial charge in [0.05, 0.1) is 14.2 Å². The van der Waals surface area contributed by atoms with Crippen LogP contribution in [0.3, 0.4) is 0 Å². The van der Waals surface area contributed by atoms with Crippen LogP contribution in [0.5, 0.6) is 11.5 Å². The molecule has 0 unspecified atom stereocenters. The molecule has 0 atom stereocenters. The highest BCUT2D eigenvalue weighted by atomic mass is 16.5. The third-order valence-corrected chi connectivity index (χ3v) is 3.11. The molecule has 1 aromatic carbocycles. The highest BCUT2D eigenvalue weighted by molar-refractivity contribution is 5.97. The summed E-state index contributed by atoms with van der Waals surface area (Å²) < 4.78 is 10.5. The van der Waals surface area contributed by atoms with Crippen LogP contribution < -0.4 is 20.1 Å². The summed E-state index contributed by atoms with van der Waals surface area (Å²) in [6, 6.07) is 7.61. The van der Waals surface area contributed by atoms with Gasteiger partial charge in [-0.3, -0.25) is 4.79 Å². The van der Waals surface area contributed by atoms with E-state index in [0.29, 0.717) is 18.0 Å². The van der Waals surface area contributed by atoms with Gasteiger partial charge in [-0.25, -0.2) is 0 Å². The van der Waals surface area contributed by atoms with E-state index in [4.69, 9.17) is 14.7 Å². The Hall–Kier alpha value is -2.68. The Balaban J connectivity index is 2.60. The average molecular weight is 331 g/mol. The molecule has 1 rings (SSSR count). The molecule has 0 fully saturated rings. The number of nitriles is 1. The first-order valence-electron chi connectivity index (χ1n) is 7.67. The van der Waals surface area contributed by atoms with E-state index in [9.17, 15) is 4.79 Å². The number of rotatable bonds is 7. The van der Waals surface area contributed by atoms with Gasteiger partial charge in [0.25, 0.3) is 5.91 Å². The first kappa shape index (κ1) is 19.4. The van der Waals surface area contributed by atoms with Gasteiger partial charge in [0, 0.05) is 18.3 Å². The van der Waals surface area contributed by atoms with Crippen molar-refractivity contribution in [2.75, 3.05) is 20.8 Å². The molecule has 2 N–H and O–H groups in total. The van der Waals surface area contributed by atoms with Crippen LogP contribution in [0.15, 0.2) is 30.0 Å². The van der Waals surface area contributed by atoms with Gasteiger partial charge in [0.2, 0.25) is 0 Å². The number of nitrogens with one attached hydrogen (secondary N) is 2. The van der Waals surface area contributed by atoms with Crippen LogP contribution in [0, 0.1) is 11.3 Å². The highest BCUT2D eigenvalue weighted by Crippen LogP contribution is 2.27. The van der Waals surface area contributed by atoms with Gasteiger partial charge < -0.3 is 20.1 Å². The Morgan fingerprint density at radius 2 is 1.92 bits per heavy atom. The molecule has 0 aliphatic rings. The monoisotopic (exact) mass is 331 g/mol. The zero-order chi connectivity index (χ0) is 18.2. The van der Waals surface area contributed by atoms with E-state index in [1.165, 1.54) is 6.20 Å². The standard InChI is InChI=1S/C18H25N3O3/c1-18(2,3)21-17(22)14(11-19)12-20-9-8-13-6-7-15(23-4)16(10-13)24-5/h6-7,10,12,20H,8-9H2,1-5H3,(H,21,22)/b14-12-. The molecule has 24 heavy (non-hydrogen) atoms. The number of amides is 1. The second-order valence-electron chi connectivity index (χ2n) is 6.27. The fraction of sp³-hybridized carbons (Fsp3) is 0.444. The van der Waals surface area contributed by atoms with E-state index in [1.54, 1.807) is 14.2 Å². The lowest BCUT2D eigenvalue weighted by atomic mass is 10.1. The highest BCUT2D eigenvalue weighted by Gasteiger charge is 2.16. The smallest absolute Gasteiger partial charge is 0.263 e. The lowest BCUT2D eigenvalue weighted by Gasteiger charge is -2.20. The summed E-state index contributed by atoms with van der Waals surface area (Å²) in [7, 11) is 3.19. The van der Waals surface area contributed by atoms with Crippen LogP contribution in [-0.2, 0) is 11.2 Å². The van der Waals surface area contributed by atoms with E-state index >= 15 is 0 Å². The molecule has 0 saturated heterocycles. The number of methoxy groups -OCH3 is 2. The van der Waals surface area contributed by atoms with Crippen molar-refractivity contribution in [1.29, 1.82) is 5.26 Å². The van der Waals surface area contributed by atoms with Crippen LogP contribution >= 0.6 is 0 Å². The maximum atomic E-state index is 11.9. The fourth-order valence-electron chi connectivity index (χ4n) is 1.98. The van der Waals surface area contributed by atoms with Crippen LogP contribution in [0.2, 0.25) is 0 Å². The molecular formula is C18H25N3O3. The third-order valence-electron chi connectivity index (χ3n) is 3.11. The molecule has 0 aliphatic carbocycles. The van der Waals surface area contributed by atoms with E-state index in [2.05, 4.69) is 10.6 Å². The molecule has 0 saturated carbocycles. The lowest BCUT2D eigenvalue weighted by Crippen LogP contribution is -2.41. The van der Waals surface area contributed by atoms with Gasteiger partial charge in [-0.15, -0.1) is 0 Å². The van der Waals surface area contributed by atoms with Gasteiger partial charge in [-0.1, -0.05) is 6.07 Å². The second-order valence-corrected chi connectivity index (χ2v) is 6.27. The van der Waals surface area contributed by atoms with Crippen molar-refractivity contribution in [2.45, 2.75) is 32.7 Å². The van der Waals surface area contributed by atoms with E-state index in [1.807, 2.05) is 45.0 Å². The minimum Gasteiger partial charge on any atom is -0.493 e. The van der Waals surface area contributed by atoms with Crippen molar-refractivity contribution < 1.29 is 14.3 Å². The quantitative estimate of drug-likeness (QED) is 0.454. The number of hydrogen-bond donors (Lipinski definition) is 2. The van der Waals surface area contributed by atoms with Crippen LogP contribution in [0.4, 0.5) is 0 Å². The van der Waals surface area contributed by atoms with Crippen molar-refractivity contribution in [1.82, 2.24) is 10.6 Å². The molecule has 6 nitrogen and oxygen atoms in total.